The highest BCUT2D eigenvalue weighted by Crippen LogP contribution is 2.31. The molecule has 1 aromatic rings. The first kappa shape index (κ1) is 10.6. The fourth-order valence-corrected chi connectivity index (χ4v) is 2.34. The summed E-state index contributed by atoms with van der Waals surface area (Å²) in [5.41, 5.74) is 0.843. The largest absolute Gasteiger partial charge is 0.388 e. The number of aromatic nitrogens is 2. The van der Waals surface area contributed by atoms with Gasteiger partial charge in [-0.1, -0.05) is 25.7 Å². The minimum Gasteiger partial charge on any atom is -0.388 e. The van der Waals surface area contributed by atoms with Gasteiger partial charge in [0.2, 0.25) is 0 Å². The van der Waals surface area contributed by atoms with E-state index >= 15 is 0 Å². The first-order chi connectivity index (χ1) is 7.36. The average Bonchev–Trinajstić information content (AvgIpc) is 2.80. The summed E-state index contributed by atoms with van der Waals surface area (Å²) < 4.78 is 0. The summed E-state index contributed by atoms with van der Waals surface area (Å²) in [6, 6.07) is 0. The van der Waals surface area contributed by atoms with Crippen LogP contribution in [0.5, 0.6) is 0 Å². The highest BCUT2D eigenvalue weighted by molar-refractivity contribution is 5.06. The number of hydrogen-bond donors (Lipinski definition) is 1. The molecule has 1 heterocycles. The van der Waals surface area contributed by atoms with Crippen molar-refractivity contribution in [2.24, 2.45) is 5.92 Å². The predicted octanol–water partition coefficient (Wildman–Crippen LogP) is 2.48. The van der Waals surface area contributed by atoms with Crippen molar-refractivity contribution < 1.29 is 5.11 Å². The lowest BCUT2D eigenvalue weighted by Gasteiger charge is -2.13. The molecule has 1 fully saturated rings. The smallest absolute Gasteiger partial charge is 0.115 e. The van der Waals surface area contributed by atoms with Gasteiger partial charge in [0, 0.05) is 18.0 Å². The second-order valence-corrected chi connectivity index (χ2v) is 4.42. The first-order valence-corrected chi connectivity index (χ1v) is 5.79. The van der Waals surface area contributed by atoms with Gasteiger partial charge in [-0.05, 0) is 18.8 Å². The second-order valence-electron chi connectivity index (χ2n) is 4.42. The molecule has 1 saturated carbocycles. The molecule has 0 bridgehead atoms. The quantitative estimate of drug-likeness (QED) is 0.823. The molecule has 0 radical (unpaired) electrons. The fourth-order valence-electron chi connectivity index (χ4n) is 2.34. The van der Waals surface area contributed by atoms with Crippen LogP contribution in [-0.4, -0.2) is 15.1 Å². The van der Waals surface area contributed by atoms with Crippen molar-refractivity contribution in [1.82, 2.24) is 9.97 Å². The lowest BCUT2D eigenvalue weighted by Crippen LogP contribution is -2.02. The topological polar surface area (TPSA) is 46.0 Å². The summed E-state index contributed by atoms with van der Waals surface area (Å²) >= 11 is 0. The van der Waals surface area contributed by atoms with E-state index in [1.54, 1.807) is 12.4 Å². The minimum absolute atomic E-state index is 0.383. The molecule has 0 amide bonds. The molecule has 15 heavy (non-hydrogen) atoms. The van der Waals surface area contributed by atoms with E-state index in [1.807, 2.05) is 0 Å². The Morgan fingerprint density at radius 2 is 1.93 bits per heavy atom. The van der Waals surface area contributed by atoms with Crippen LogP contribution < -0.4 is 0 Å². The monoisotopic (exact) mass is 206 g/mol. The van der Waals surface area contributed by atoms with Gasteiger partial charge in [-0.3, -0.25) is 0 Å². The Kier molecular flexibility index (Phi) is 3.67. The normalized spacial score (nSPS) is 19.3. The minimum atomic E-state index is -0.383. The predicted molar refractivity (Wildman–Crippen MR) is 58.2 cm³/mol. The molecule has 1 aliphatic rings. The number of aliphatic hydroxyl groups is 1. The van der Waals surface area contributed by atoms with Crippen molar-refractivity contribution in [2.45, 2.75) is 44.6 Å². The molecule has 3 heteroatoms. The maximum atomic E-state index is 9.90. The molecule has 1 aromatic heterocycles. The third-order valence-corrected chi connectivity index (χ3v) is 3.29. The molecule has 1 aliphatic carbocycles. The lowest BCUT2D eigenvalue weighted by molar-refractivity contribution is 0.156. The molecule has 0 saturated heterocycles. The van der Waals surface area contributed by atoms with E-state index in [2.05, 4.69) is 9.97 Å². The number of nitrogens with zero attached hydrogens (tertiary/aromatic N) is 2. The molecule has 0 aliphatic heterocycles. The van der Waals surface area contributed by atoms with Crippen LogP contribution in [-0.2, 0) is 0 Å². The van der Waals surface area contributed by atoms with E-state index in [0.717, 1.165) is 24.3 Å². The van der Waals surface area contributed by atoms with Gasteiger partial charge >= 0.3 is 0 Å². The number of aliphatic hydroxyl groups excluding tert-OH is 1. The van der Waals surface area contributed by atoms with E-state index in [1.165, 1.54) is 32.0 Å². The number of hydrogen-bond acceptors (Lipinski definition) is 3. The van der Waals surface area contributed by atoms with Gasteiger partial charge in [-0.25, -0.2) is 9.97 Å². The second kappa shape index (κ2) is 5.21. The zero-order valence-corrected chi connectivity index (χ0v) is 8.97. The van der Waals surface area contributed by atoms with Crippen LogP contribution in [0.2, 0.25) is 0 Å². The van der Waals surface area contributed by atoms with Gasteiger partial charge < -0.3 is 5.11 Å². The fraction of sp³-hybridized carbons (Fsp3) is 0.667. The third-order valence-electron chi connectivity index (χ3n) is 3.29. The molecule has 1 N–H and O–H groups in total. The standard InChI is InChI=1S/C12H18N2O/c15-12(11-7-13-9-14-8-11)6-5-10-3-1-2-4-10/h7-10,12,15H,1-6H2. The summed E-state index contributed by atoms with van der Waals surface area (Å²) in [5.74, 6) is 0.837. The van der Waals surface area contributed by atoms with Gasteiger partial charge in [0.05, 0.1) is 6.10 Å². The van der Waals surface area contributed by atoms with E-state index in [-0.39, 0.29) is 6.10 Å². The molecule has 1 atom stereocenters. The van der Waals surface area contributed by atoms with Crippen molar-refractivity contribution >= 4 is 0 Å². The Balaban J connectivity index is 1.79. The molecular weight excluding hydrogens is 188 g/mol. The summed E-state index contributed by atoms with van der Waals surface area (Å²) in [6.45, 7) is 0. The van der Waals surface area contributed by atoms with Crippen molar-refractivity contribution in [3.8, 4) is 0 Å². The Hall–Kier alpha value is -0.960. The SMILES string of the molecule is OC(CCC1CCCC1)c1cncnc1. The van der Waals surface area contributed by atoms with Crippen molar-refractivity contribution in [3.63, 3.8) is 0 Å². The maximum Gasteiger partial charge on any atom is 0.115 e. The summed E-state index contributed by atoms with van der Waals surface area (Å²) in [4.78, 5) is 7.83. The number of rotatable bonds is 4. The van der Waals surface area contributed by atoms with Crippen LogP contribution in [0.4, 0.5) is 0 Å². The zero-order chi connectivity index (χ0) is 10.5. The maximum absolute atomic E-state index is 9.90. The van der Waals surface area contributed by atoms with Crippen molar-refractivity contribution in [2.75, 3.05) is 0 Å². The highest BCUT2D eigenvalue weighted by Gasteiger charge is 2.17. The summed E-state index contributed by atoms with van der Waals surface area (Å²) in [7, 11) is 0. The van der Waals surface area contributed by atoms with Crippen molar-refractivity contribution in [3.05, 3.63) is 24.3 Å². The van der Waals surface area contributed by atoms with Crippen LogP contribution >= 0.6 is 0 Å². The van der Waals surface area contributed by atoms with Crippen LogP contribution in [0.3, 0.4) is 0 Å². The lowest BCUT2D eigenvalue weighted by atomic mass is 9.98. The van der Waals surface area contributed by atoms with E-state index in [9.17, 15) is 5.11 Å². The molecule has 0 aromatic carbocycles. The molecular formula is C12H18N2O. The van der Waals surface area contributed by atoms with E-state index in [4.69, 9.17) is 0 Å². The van der Waals surface area contributed by atoms with Crippen LogP contribution in [0.25, 0.3) is 0 Å². The molecule has 82 valence electrons. The molecule has 2 rings (SSSR count). The van der Waals surface area contributed by atoms with Gasteiger partial charge in [-0.15, -0.1) is 0 Å². The first-order valence-electron chi connectivity index (χ1n) is 5.79. The Morgan fingerprint density at radius 3 is 2.60 bits per heavy atom. The molecule has 3 nitrogen and oxygen atoms in total. The van der Waals surface area contributed by atoms with E-state index < -0.39 is 0 Å². The van der Waals surface area contributed by atoms with Crippen LogP contribution in [0.15, 0.2) is 18.7 Å². The van der Waals surface area contributed by atoms with Crippen LogP contribution in [0.1, 0.15) is 50.2 Å². The van der Waals surface area contributed by atoms with Crippen LogP contribution in [0, 0.1) is 5.92 Å². The molecule has 1 unspecified atom stereocenters. The zero-order valence-electron chi connectivity index (χ0n) is 8.97. The van der Waals surface area contributed by atoms with Gasteiger partial charge in [0.25, 0.3) is 0 Å². The van der Waals surface area contributed by atoms with E-state index in [0.29, 0.717) is 0 Å². The Labute approximate surface area is 90.6 Å². The van der Waals surface area contributed by atoms with Gasteiger partial charge in [0.1, 0.15) is 6.33 Å². The van der Waals surface area contributed by atoms with Gasteiger partial charge in [-0.2, -0.15) is 0 Å². The third kappa shape index (κ3) is 2.99. The summed E-state index contributed by atoms with van der Waals surface area (Å²) in [5, 5.41) is 9.90. The van der Waals surface area contributed by atoms with Gasteiger partial charge in [0.15, 0.2) is 0 Å². The average molecular weight is 206 g/mol. The summed E-state index contributed by atoms with van der Waals surface area (Å²) in [6.07, 6.45) is 11.9. The highest BCUT2D eigenvalue weighted by atomic mass is 16.3. The van der Waals surface area contributed by atoms with Crippen molar-refractivity contribution in [1.29, 1.82) is 0 Å². The Morgan fingerprint density at radius 1 is 1.27 bits per heavy atom. The molecule has 0 spiro atoms. The Bertz CT molecular complexity index is 283.